The van der Waals surface area contributed by atoms with E-state index in [9.17, 15) is 9.90 Å². The van der Waals surface area contributed by atoms with Crippen molar-refractivity contribution in [3.8, 4) is 0 Å². The van der Waals surface area contributed by atoms with E-state index in [0.717, 1.165) is 22.3 Å². The quantitative estimate of drug-likeness (QED) is 0.911. The number of halogens is 1. The molecule has 94 valence electrons. The third-order valence-electron chi connectivity index (χ3n) is 3.51. The third-order valence-corrected chi connectivity index (χ3v) is 4.01. The maximum Gasteiger partial charge on any atom is 0.331 e. The summed E-state index contributed by atoms with van der Waals surface area (Å²) in [6, 6.07) is 6.71. The normalized spacial score (nSPS) is 18.9. The fourth-order valence-electron chi connectivity index (χ4n) is 2.46. The highest BCUT2D eigenvalue weighted by atomic mass is 79.9. The summed E-state index contributed by atoms with van der Waals surface area (Å²) in [5.74, 6) is -0.807. The molecule has 3 nitrogen and oxygen atoms in total. The van der Waals surface area contributed by atoms with Crippen LogP contribution < -0.4 is 4.90 Å². The van der Waals surface area contributed by atoms with Gasteiger partial charge in [-0.2, -0.15) is 0 Å². The van der Waals surface area contributed by atoms with Gasteiger partial charge >= 0.3 is 5.97 Å². The molecule has 0 amide bonds. The summed E-state index contributed by atoms with van der Waals surface area (Å²) in [7, 11) is 0. The lowest BCUT2D eigenvalue weighted by Crippen LogP contribution is -2.27. The number of benzene rings is 1. The van der Waals surface area contributed by atoms with Crippen LogP contribution in [0.4, 0.5) is 5.69 Å². The number of nitrogens with zero attached hydrogens (tertiary/aromatic N) is 1. The van der Waals surface area contributed by atoms with Gasteiger partial charge in [0.05, 0.1) is 0 Å². The summed E-state index contributed by atoms with van der Waals surface area (Å²) in [5.41, 5.74) is 2.67. The topological polar surface area (TPSA) is 40.5 Å². The molecule has 1 aromatic rings. The third kappa shape index (κ3) is 2.17. The minimum atomic E-state index is -0.807. The predicted molar refractivity (Wildman–Crippen MR) is 74.7 cm³/mol. The molecular formula is C14H14BrNO2. The van der Waals surface area contributed by atoms with E-state index in [2.05, 4.69) is 26.9 Å². The largest absolute Gasteiger partial charge is 0.478 e. The number of hydrogen-bond donors (Lipinski definition) is 1. The molecular weight excluding hydrogens is 294 g/mol. The van der Waals surface area contributed by atoms with Gasteiger partial charge in [-0.1, -0.05) is 15.9 Å². The molecule has 1 N–H and O–H groups in total. The van der Waals surface area contributed by atoms with Crippen molar-refractivity contribution in [2.75, 3.05) is 11.4 Å². The highest BCUT2D eigenvalue weighted by Crippen LogP contribution is 2.37. The average molecular weight is 308 g/mol. The maximum absolute atomic E-state index is 11.2. The van der Waals surface area contributed by atoms with Crippen LogP contribution in [0.3, 0.4) is 0 Å². The predicted octanol–water partition coefficient (Wildman–Crippen LogP) is 3.29. The highest BCUT2D eigenvalue weighted by molar-refractivity contribution is 9.10. The first kappa shape index (κ1) is 11.8. The van der Waals surface area contributed by atoms with Crippen molar-refractivity contribution in [2.45, 2.75) is 25.3 Å². The monoisotopic (exact) mass is 307 g/mol. The molecule has 0 unspecified atom stereocenters. The van der Waals surface area contributed by atoms with Crippen LogP contribution in [-0.2, 0) is 4.79 Å². The molecule has 1 saturated carbocycles. The number of aliphatic carboxylic acids is 1. The Hall–Kier alpha value is -1.29. The molecule has 4 heteroatoms. The number of rotatable bonds is 2. The summed E-state index contributed by atoms with van der Waals surface area (Å²) in [6.45, 7) is 0.803. The zero-order valence-electron chi connectivity index (χ0n) is 9.90. The van der Waals surface area contributed by atoms with Gasteiger partial charge in [-0.25, -0.2) is 4.79 Å². The summed E-state index contributed by atoms with van der Waals surface area (Å²) in [5, 5.41) is 9.20. The van der Waals surface area contributed by atoms with E-state index < -0.39 is 5.97 Å². The fraction of sp³-hybridized carbons (Fsp3) is 0.357. The van der Waals surface area contributed by atoms with E-state index in [1.807, 2.05) is 18.2 Å². The molecule has 0 aromatic heterocycles. The molecule has 1 heterocycles. The number of anilines is 1. The molecule has 0 spiro atoms. The van der Waals surface area contributed by atoms with Gasteiger partial charge in [-0.15, -0.1) is 0 Å². The van der Waals surface area contributed by atoms with Crippen molar-refractivity contribution in [1.82, 2.24) is 0 Å². The van der Waals surface area contributed by atoms with Crippen LogP contribution in [0.5, 0.6) is 0 Å². The van der Waals surface area contributed by atoms with Crippen molar-refractivity contribution in [2.24, 2.45) is 0 Å². The minimum absolute atomic E-state index is 0.498. The standard InChI is InChI=1S/C14H14BrNO2/c15-11-1-4-13-10(8-11)7-9(14(17)18)5-6-16(13)12-2-3-12/h1,4,7-8,12H,2-3,5-6H2,(H,17,18). The Morgan fingerprint density at radius 2 is 2.17 bits per heavy atom. The Labute approximate surface area is 114 Å². The number of fused-ring (bicyclic) bond motifs is 1. The highest BCUT2D eigenvalue weighted by Gasteiger charge is 2.31. The maximum atomic E-state index is 11.2. The number of carbonyl (C=O) groups is 1. The van der Waals surface area contributed by atoms with E-state index in [4.69, 9.17) is 0 Å². The lowest BCUT2D eigenvalue weighted by molar-refractivity contribution is -0.132. The SMILES string of the molecule is O=C(O)C1=Cc2cc(Br)ccc2N(C2CC2)CC1. The Morgan fingerprint density at radius 3 is 2.83 bits per heavy atom. The van der Waals surface area contributed by atoms with Gasteiger partial charge in [-0.3, -0.25) is 0 Å². The van der Waals surface area contributed by atoms with E-state index >= 15 is 0 Å². The van der Waals surface area contributed by atoms with Crippen LogP contribution in [0.15, 0.2) is 28.2 Å². The Morgan fingerprint density at radius 1 is 1.39 bits per heavy atom. The van der Waals surface area contributed by atoms with Crippen LogP contribution in [0.1, 0.15) is 24.8 Å². The van der Waals surface area contributed by atoms with Gasteiger partial charge in [0.25, 0.3) is 0 Å². The second kappa shape index (κ2) is 4.43. The van der Waals surface area contributed by atoms with E-state index in [1.165, 1.54) is 12.8 Å². The smallest absolute Gasteiger partial charge is 0.331 e. The fourth-order valence-corrected chi connectivity index (χ4v) is 2.84. The molecule has 0 saturated heterocycles. The molecule has 1 aromatic carbocycles. The molecule has 1 aliphatic carbocycles. The number of carboxylic acid groups (broad SMARTS) is 1. The Balaban J connectivity index is 2.07. The van der Waals surface area contributed by atoms with Crippen LogP contribution in [0.2, 0.25) is 0 Å². The summed E-state index contributed by atoms with van der Waals surface area (Å²) in [4.78, 5) is 13.6. The van der Waals surface area contributed by atoms with Crippen molar-refractivity contribution in [3.05, 3.63) is 33.8 Å². The molecule has 1 aliphatic heterocycles. The first-order chi connectivity index (χ1) is 8.65. The molecule has 18 heavy (non-hydrogen) atoms. The van der Waals surface area contributed by atoms with Gasteiger partial charge in [0, 0.05) is 28.3 Å². The van der Waals surface area contributed by atoms with Crippen LogP contribution in [0.25, 0.3) is 6.08 Å². The molecule has 0 bridgehead atoms. The van der Waals surface area contributed by atoms with E-state index in [-0.39, 0.29) is 0 Å². The Bertz CT molecular complexity index is 535. The summed E-state index contributed by atoms with van der Waals surface area (Å²) < 4.78 is 0.986. The van der Waals surface area contributed by atoms with Crippen LogP contribution >= 0.6 is 15.9 Å². The summed E-state index contributed by atoms with van der Waals surface area (Å²) >= 11 is 3.45. The second-order valence-corrected chi connectivity index (χ2v) is 5.77. The number of carboxylic acids is 1. The average Bonchev–Trinajstić information content (AvgIpc) is 3.12. The summed E-state index contributed by atoms with van der Waals surface area (Å²) in [6.07, 6.45) is 4.86. The van der Waals surface area contributed by atoms with E-state index in [0.29, 0.717) is 18.0 Å². The number of hydrogen-bond acceptors (Lipinski definition) is 2. The van der Waals surface area contributed by atoms with Crippen molar-refractivity contribution < 1.29 is 9.90 Å². The van der Waals surface area contributed by atoms with Gasteiger partial charge in [-0.05, 0) is 49.1 Å². The van der Waals surface area contributed by atoms with Crippen molar-refractivity contribution in [3.63, 3.8) is 0 Å². The van der Waals surface area contributed by atoms with Crippen LogP contribution in [0, 0.1) is 0 Å². The van der Waals surface area contributed by atoms with Gasteiger partial charge < -0.3 is 10.0 Å². The Kier molecular flexibility index (Phi) is 2.90. The molecule has 2 aliphatic rings. The van der Waals surface area contributed by atoms with Crippen molar-refractivity contribution in [1.29, 1.82) is 0 Å². The van der Waals surface area contributed by atoms with Crippen LogP contribution in [-0.4, -0.2) is 23.7 Å². The minimum Gasteiger partial charge on any atom is -0.478 e. The lowest BCUT2D eigenvalue weighted by Gasteiger charge is -2.24. The molecule has 0 atom stereocenters. The van der Waals surface area contributed by atoms with Crippen molar-refractivity contribution >= 4 is 33.7 Å². The molecule has 0 radical (unpaired) electrons. The van der Waals surface area contributed by atoms with E-state index in [1.54, 1.807) is 0 Å². The molecule has 3 rings (SSSR count). The van der Waals surface area contributed by atoms with Gasteiger partial charge in [0.15, 0.2) is 0 Å². The van der Waals surface area contributed by atoms with Gasteiger partial charge in [0.1, 0.15) is 0 Å². The lowest BCUT2D eigenvalue weighted by atomic mass is 10.1. The first-order valence-electron chi connectivity index (χ1n) is 6.15. The zero-order chi connectivity index (χ0) is 12.7. The first-order valence-corrected chi connectivity index (χ1v) is 6.94. The van der Waals surface area contributed by atoms with Gasteiger partial charge in [0.2, 0.25) is 0 Å². The second-order valence-electron chi connectivity index (χ2n) is 4.85. The molecule has 1 fully saturated rings. The zero-order valence-corrected chi connectivity index (χ0v) is 11.5.